The van der Waals surface area contributed by atoms with Gasteiger partial charge in [0.25, 0.3) is 5.91 Å². The van der Waals surface area contributed by atoms with Gasteiger partial charge < -0.3 is 10.6 Å². The third-order valence-corrected chi connectivity index (χ3v) is 4.70. The third-order valence-electron chi connectivity index (χ3n) is 4.70. The Labute approximate surface area is 179 Å². The lowest BCUT2D eigenvalue weighted by Gasteiger charge is -2.11. The molecule has 0 bridgehead atoms. The van der Waals surface area contributed by atoms with Gasteiger partial charge in [-0.15, -0.1) is 0 Å². The molecule has 0 aliphatic carbocycles. The first-order valence-electron chi connectivity index (χ1n) is 9.83. The molecule has 2 aromatic heterocycles. The number of carbonyl (C=O) groups is 2. The summed E-state index contributed by atoms with van der Waals surface area (Å²) in [5, 5.41) is 9.60. The van der Waals surface area contributed by atoms with Crippen molar-refractivity contribution in [2.24, 2.45) is 0 Å². The fourth-order valence-corrected chi connectivity index (χ4v) is 3.20. The van der Waals surface area contributed by atoms with Gasteiger partial charge in [0.15, 0.2) is 0 Å². The summed E-state index contributed by atoms with van der Waals surface area (Å²) < 4.78 is 1.85. The molecule has 2 amide bonds. The van der Waals surface area contributed by atoms with Crippen LogP contribution < -0.4 is 10.6 Å². The molecule has 7 nitrogen and oxygen atoms in total. The Morgan fingerprint density at radius 3 is 2.48 bits per heavy atom. The van der Waals surface area contributed by atoms with Gasteiger partial charge in [0.2, 0.25) is 5.91 Å². The van der Waals surface area contributed by atoms with Crippen LogP contribution in [-0.4, -0.2) is 33.1 Å². The van der Waals surface area contributed by atoms with Crippen LogP contribution in [0.5, 0.6) is 0 Å². The van der Waals surface area contributed by atoms with Crippen LogP contribution in [0.25, 0.3) is 11.1 Å². The molecule has 0 unspecified atom stereocenters. The number of hydrogen-bond acceptors (Lipinski definition) is 4. The summed E-state index contributed by atoms with van der Waals surface area (Å²) in [4.78, 5) is 28.8. The highest BCUT2D eigenvalue weighted by Crippen LogP contribution is 2.24. The summed E-state index contributed by atoms with van der Waals surface area (Å²) in [5.74, 6) is -0.626. The first kappa shape index (κ1) is 20.0. The van der Waals surface area contributed by atoms with Gasteiger partial charge in [0, 0.05) is 24.2 Å². The Hall–Kier alpha value is -4.26. The zero-order valence-corrected chi connectivity index (χ0v) is 16.7. The quantitative estimate of drug-likeness (QED) is 0.488. The number of pyridine rings is 1. The van der Waals surface area contributed by atoms with Crippen molar-refractivity contribution in [1.29, 1.82) is 0 Å². The van der Waals surface area contributed by atoms with E-state index in [0.717, 1.165) is 16.7 Å². The Kier molecular flexibility index (Phi) is 6.13. The van der Waals surface area contributed by atoms with Crippen molar-refractivity contribution in [3.8, 4) is 11.1 Å². The van der Waals surface area contributed by atoms with E-state index < -0.39 is 0 Å². The number of hydrogen-bond donors (Lipinski definition) is 2. The number of nitrogens with one attached hydrogen (secondary N) is 2. The summed E-state index contributed by atoms with van der Waals surface area (Å²) in [6.07, 6.45) is 6.83. The van der Waals surface area contributed by atoms with E-state index in [1.165, 1.54) is 0 Å². The van der Waals surface area contributed by atoms with Gasteiger partial charge in [0.05, 0.1) is 25.0 Å². The molecular weight excluding hydrogens is 390 g/mol. The largest absolute Gasteiger partial charge is 0.343 e. The van der Waals surface area contributed by atoms with E-state index in [9.17, 15) is 9.59 Å². The van der Waals surface area contributed by atoms with Crippen molar-refractivity contribution in [3.05, 3.63) is 103 Å². The molecular formula is C24H21N5O2. The lowest BCUT2D eigenvalue weighted by Crippen LogP contribution is -2.33. The maximum atomic E-state index is 12.8. The van der Waals surface area contributed by atoms with Crippen molar-refractivity contribution in [1.82, 2.24) is 20.1 Å². The van der Waals surface area contributed by atoms with Crippen molar-refractivity contribution < 1.29 is 9.59 Å². The molecule has 7 heteroatoms. The second-order valence-electron chi connectivity index (χ2n) is 6.92. The Bertz CT molecular complexity index is 1160. The van der Waals surface area contributed by atoms with Crippen molar-refractivity contribution in [3.63, 3.8) is 0 Å². The first-order valence-corrected chi connectivity index (χ1v) is 9.83. The molecule has 0 spiro atoms. The summed E-state index contributed by atoms with van der Waals surface area (Å²) in [6, 6.07) is 20.7. The fourth-order valence-electron chi connectivity index (χ4n) is 3.20. The van der Waals surface area contributed by atoms with Crippen LogP contribution >= 0.6 is 0 Å². The molecule has 0 radical (unpaired) electrons. The van der Waals surface area contributed by atoms with Gasteiger partial charge in [-0.2, -0.15) is 5.10 Å². The molecule has 4 rings (SSSR count). The van der Waals surface area contributed by atoms with Crippen LogP contribution in [0.1, 0.15) is 15.9 Å². The van der Waals surface area contributed by atoms with Gasteiger partial charge in [-0.1, -0.05) is 42.5 Å². The highest BCUT2D eigenvalue weighted by Gasteiger charge is 2.13. The van der Waals surface area contributed by atoms with E-state index in [2.05, 4.69) is 20.7 Å². The van der Waals surface area contributed by atoms with E-state index in [0.29, 0.717) is 17.8 Å². The number of carbonyl (C=O) groups excluding carboxylic acids is 2. The second-order valence-corrected chi connectivity index (χ2v) is 6.92. The lowest BCUT2D eigenvalue weighted by atomic mass is 9.98. The van der Waals surface area contributed by atoms with Crippen molar-refractivity contribution in [2.75, 3.05) is 11.9 Å². The number of benzene rings is 2. The molecule has 31 heavy (non-hydrogen) atoms. The SMILES string of the molecule is O=C(CNC(=O)c1ccccc1-c1ccc(Cn2cccn2)cc1)Nc1cccnc1. The van der Waals surface area contributed by atoms with Crippen LogP contribution in [0.15, 0.2) is 91.5 Å². The number of rotatable bonds is 7. The van der Waals surface area contributed by atoms with E-state index in [4.69, 9.17) is 0 Å². The number of aromatic nitrogens is 3. The molecule has 0 aliphatic rings. The van der Waals surface area contributed by atoms with Gasteiger partial charge in [0.1, 0.15) is 0 Å². The highest BCUT2D eigenvalue weighted by atomic mass is 16.2. The zero-order valence-electron chi connectivity index (χ0n) is 16.7. The third kappa shape index (κ3) is 5.22. The van der Waals surface area contributed by atoms with E-state index in [1.807, 2.05) is 53.3 Å². The molecule has 154 valence electrons. The highest BCUT2D eigenvalue weighted by molar-refractivity contribution is 6.03. The molecule has 4 aromatic rings. The van der Waals surface area contributed by atoms with E-state index in [1.54, 1.807) is 42.9 Å². The molecule has 2 N–H and O–H groups in total. The van der Waals surface area contributed by atoms with E-state index in [-0.39, 0.29) is 18.4 Å². The van der Waals surface area contributed by atoms with Gasteiger partial charge >= 0.3 is 0 Å². The summed E-state index contributed by atoms with van der Waals surface area (Å²) in [5.41, 5.74) is 3.93. The minimum atomic E-state index is -0.318. The maximum absolute atomic E-state index is 12.8. The smallest absolute Gasteiger partial charge is 0.252 e. The molecule has 0 saturated heterocycles. The summed E-state index contributed by atoms with van der Waals surface area (Å²) in [7, 11) is 0. The topological polar surface area (TPSA) is 88.9 Å². The average molecular weight is 411 g/mol. The molecule has 2 heterocycles. The lowest BCUT2D eigenvalue weighted by molar-refractivity contribution is -0.115. The normalized spacial score (nSPS) is 10.5. The van der Waals surface area contributed by atoms with Crippen LogP contribution in [0.2, 0.25) is 0 Å². The minimum Gasteiger partial charge on any atom is -0.343 e. The maximum Gasteiger partial charge on any atom is 0.252 e. The molecule has 0 fully saturated rings. The van der Waals surface area contributed by atoms with E-state index >= 15 is 0 Å². The number of amides is 2. The minimum absolute atomic E-state index is 0.134. The summed E-state index contributed by atoms with van der Waals surface area (Å²) >= 11 is 0. The van der Waals surface area contributed by atoms with Gasteiger partial charge in [-0.3, -0.25) is 19.3 Å². The van der Waals surface area contributed by atoms with Gasteiger partial charge in [-0.05, 0) is 41.0 Å². The van der Waals surface area contributed by atoms with Crippen molar-refractivity contribution in [2.45, 2.75) is 6.54 Å². The molecule has 0 saturated carbocycles. The average Bonchev–Trinajstić information content (AvgIpc) is 3.32. The first-order chi connectivity index (χ1) is 15.2. The Morgan fingerprint density at radius 1 is 0.903 bits per heavy atom. The molecule has 0 atom stereocenters. The second kappa shape index (κ2) is 9.49. The predicted molar refractivity (Wildman–Crippen MR) is 118 cm³/mol. The standard InChI is InChI=1S/C24H21N5O2/c30-23(28-20-5-3-12-25-15-20)16-26-24(31)22-7-2-1-6-21(22)19-10-8-18(9-11-19)17-29-14-4-13-27-29/h1-15H,16-17H2,(H,26,31)(H,28,30). The van der Waals surface area contributed by atoms with Crippen LogP contribution in [0.3, 0.4) is 0 Å². The van der Waals surface area contributed by atoms with Crippen molar-refractivity contribution >= 4 is 17.5 Å². The van der Waals surface area contributed by atoms with Crippen LogP contribution in [0, 0.1) is 0 Å². The van der Waals surface area contributed by atoms with Crippen LogP contribution in [-0.2, 0) is 11.3 Å². The summed E-state index contributed by atoms with van der Waals surface area (Å²) in [6.45, 7) is 0.548. The number of anilines is 1. The van der Waals surface area contributed by atoms with Crippen LogP contribution in [0.4, 0.5) is 5.69 Å². The zero-order chi connectivity index (χ0) is 21.5. The Balaban J connectivity index is 1.42. The molecule has 2 aromatic carbocycles. The van der Waals surface area contributed by atoms with Gasteiger partial charge in [-0.25, -0.2) is 0 Å². The molecule has 0 aliphatic heterocycles. The number of nitrogens with zero attached hydrogens (tertiary/aromatic N) is 3. The fraction of sp³-hybridized carbons (Fsp3) is 0.0833. The monoisotopic (exact) mass is 411 g/mol. The Morgan fingerprint density at radius 2 is 1.74 bits per heavy atom. The predicted octanol–water partition coefficient (Wildman–Crippen LogP) is 3.36.